The van der Waals surface area contributed by atoms with E-state index in [0.717, 1.165) is 6.42 Å². The number of fused-ring (bicyclic) bond motifs is 8. The summed E-state index contributed by atoms with van der Waals surface area (Å²) >= 11 is 0. The van der Waals surface area contributed by atoms with Crippen molar-refractivity contribution in [2.24, 2.45) is 23.7 Å². The van der Waals surface area contributed by atoms with Gasteiger partial charge in [-0.1, -0.05) is 0 Å². The molecule has 1 aromatic rings. The number of epoxide rings is 1. The van der Waals surface area contributed by atoms with Crippen LogP contribution < -0.4 is 4.90 Å². The predicted octanol–water partition coefficient (Wildman–Crippen LogP) is 1.12. The van der Waals surface area contributed by atoms with Gasteiger partial charge in [0.15, 0.2) is 0 Å². The molecule has 2 heterocycles. The van der Waals surface area contributed by atoms with Crippen molar-refractivity contribution >= 4 is 23.2 Å². The number of ether oxygens (including phenoxy) is 1. The first-order valence-electron chi connectivity index (χ1n) is 7.35. The van der Waals surface area contributed by atoms with Crippen LogP contribution in [-0.4, -0.2) is 28.9 Å². The summed E-state index contributed by atoms with van der Waals surface area (Å²) in [6.07, 6.45) is 1.25. The highest BCUT2D eigenvalue weighted by Gasteiger charge is 2.73. The molecular weight excluding hydrogens is 288 g/mol. The Kier molecular flexibility index (Phi) is 2.08. The summed E-state index contributed by atoms with van der Waals surface area (Å²) in [6.45, 7) is 0. The van der Waals surface area contributed by atoms with Crippen molar-refractivity contribution in [2.45, 2.75) is 18.6 Å². The van der Waals surface area contributed by atoms with Crippen LogP contribution in [0.1, 0.15) is 6.42 Å². The van der Waals surface area contributed by atoms with E-state index in [1.807, 2.05) is 0 Å². The molecule has 0 aromatic heterocycles. The fourth-order valence-corrected chi connectivity index (χ4v) is 4.70. The molecule has 5 rings (SSSR count). The van der Waals surface area contributed by atoms with Gasteiger partial charge in [-0.25, -0.2) is 0 Å². The molecule has 2 amide bonds. The van der Waals surface area contributed by atoms with Crippen LogP contribution >= 0.6 is 0 Å². The highest BCUT2D eigenvalue weighted by Crippen LogP contribution is 2.64. The first kappa shape index (κ1) is 12.3. The number of carbonyl (C=O) groups excluding carboxylic acids is 2. The molecule has 7 nitrogen and oxygen atoms in total. The Hall–Kier alpha value is -2.28. The van der Waals surface area contributed by atoms with Crippen molar-refractivity contribution in [3.63, 3.8) is 0 Å². The maximum atomic E-state index is 12.7. The van der Waals surface area contributed by atoms with Gasteiger partial charge < -0.3 is 4.74 Å². The molecule has 4 aliphatic rings. The Balaban J connectivity index is 1.50. The van der Waals surface area contributed by atoms with Crippen LogP contribution in [0.4, 0.5) is 11.4 Å². The van der Waals surface area contributed by atoms with Crippen LogP contribution in [0.3, 0.4) is 0 Å². The summed E-state index contributed by atoms with van der Waals surface area (Å²) < 4.78 is 5.56. The minimum Gasteiger partial charge on any atom is -0.369 e. The zero-order valence-electron chi connectivity index (χ0n) is 11.4. The summed E-state index contributed by atoms with van der Waals surface area (Å²) in [7, 11) is 0. The van der Waals surface area contributed by atoms with Gasteiger partial charge in [0.05, 0.1) is 34.7 Å². The third kappa shape index (κ3) is 1.30. The first-order chi connectivity index (χ1) is 10.6. The maximum Gasteiger partial charge on any atom is 0.269 e. The SMILES string of the molecule is O=C1[C@@H]2[C@H]3C[C@@H]([C@@H]4O[C@@H]34)[C@H]2C(=O)N1c1ccc([N+](=O)[O-])cc1. The second-order valence-corrected chi connectivity index (χ2v) is 6.47. The number of amides is 2. The minimum atomic E-state index is -0.503. The number of rotatable bonds is 2. The molecule has 1 aromatic carbocycles. The molecule has 4 fully saturated rings. The highest BCUT2D eigenvalue weighted by atomic mass is 16.6. The molecule has 0 N–H and O–H groups in total. The second-order valence-electron chi connectivity index (χ2n) is 6.47. The standard InChI is InChI=1S/C15H12N2O5/c18-14-10-8-5-9(13-12(8)22-13)11(10)15(19)16(14)6-1-3-7(4-2-6)17(20)21/h1-4,8-13H,5H2/t8-,9-,10-,11-,12+,13+/m1/s1. The number of hydrogen-bond donors (Lipinski definition) is 0. The fourth-order valence-electron chi connectivity index (χ4n) is 4.70. The number of nitro groups is 1. The van der Waals surface area contributed by atoms with Gasteiger partial charge in [-0.15, -0.1) is 0 Å². The molecule has 22 heavy (non-hydrogen) atoms. The van der Waals surface area contributed by atoms with Crippen LogP contribution in [0.5, 0.6) is 0 Å². The van der Waals surface area contributed by atoms with Crippen LogP contribution in [0.25, 0.3) is 0 Å². The van der Waals surface area contributed by atoms with E-state index in [2.05, 4.69) is 0 Å². The van der Waals surface area contributed by atoms with Gasteiger partial charge in [0.25, 0.3) is 5.69 Å². The number of imide groups is 1. The molecule has 2 saturated heterocycles. The van der Waals surface area contributed by atoms with E-state index in [1.165, 1.54) is 29.2 Å². The fraction of sp³-hybridized carbons (Fsp3) is 0.467. The molecule has 2 bridgehead atoms. The van der Waals surface area contributed by atoms with E-state index in [4.69, 9.17) is 4.74 Å². The molecule has 112 valence electrons. The van der Waals surface area contributed by atoms with Gasteiger partial charge in [-0.05, 0) is 18.6 Å². The Morgan fingerprint density at radius 1 is 1.05 bits per heavy atom. The van der Waals surface area contributed by atoms with E-state index in [-0.39, 0.29) is 53.4 Å². The third-order valence-electron chi connectivity index (χ3n) is 5.59. The van der Waals surface area contributed by atoms with Crippen molar-refractivity contribution in [3.05, 3.63) is 34.4 Å². The predicted molar refractivity (Wildman–Crippen MR) is 72.8 cm³/mol. The number of nitro benzene ring substituents is 1. The summed E-state index contributed by atoms with van der Waals surface area (Å²) in [5, 5.41) is 10.7. The maximum absolute atomic E-state index is 12.7. The quantitative estimate of drug-likeness (QED) is 0.353. The zero-order valence-corrected chi connectivity index (χ0v) is 11.4. The second kappa shape index (κ2) is 3.73. The molecule has 2 saturated carbocycles. The Bertz CT molecular complexity index is 698. The average Bonchev–Trinajstić information content (AvgIpc) is 3.02. The molecule has 0 spiro atoms. The molecule has 7 heteroatoms. The number of non-ortho nitro benzene ring substituents is 1. The van der Waals surface area contributed by atoms with Gasteiger partial charge in [0, 0.05) is 24.0 Å². The Morgan fingerprint density at radius 2 is 1.59 bits per heavy atom. The van der Waals surface area contributed by atoms with E-state index in [0.29, 0.717) is 5.69 Å². The number of benzene rings is 1. The summed E-state index contributed by atoms with van der Waals surface area (Å²) in [5.41, 5.74) is 0.363. The van der Waals surface area contributed by atoms with Crippen molar-refractivity contribution in [2.75, 3.05) is 4.90 Å². The largest absolute Gasteiger partial charge is 0.369 e. The van der Waals surface area contributed by atoms with Crippen LogP contribution in [0.15, 0.2) is 24.3 Å². The Labute approximate surface area is 125 Å². The van der Waals surface area contributed by atoms with Gasteiger partial charge in [0.2, 0.25) is 11.8 Å². The van der Waals surface area contributed by atoms with Crippen LogP contribution in [0.2, 0.25) is 0 Å². The lowest BCUT2D eigenvalue weighted by Crippen LogP contribution is -2.33. The summed E-state index contributed by atoms with van der Waals surface area (Å²) in [4.78, 5) is 36.8. The zero-order chi connectivity index (χ0) is 15.2. The number of anilines is 1. The lowest BCUT2D eigenvalue weighted by atomic mass is 9.81. The van der Waals surface area contributed by atoms with E-state index < -0.39 is 4.92 Å². The number of carbonyl (C=O) groups is 2. The molecule has 0 radical (unpaired) electrons. The Morgan fingerprint density at radius 3 is 2.09 bits per heavy atom. The smallest absolute Gasteiger partial charge is 0.269 e. The van der Waals surface area contributed by atoms with Crippen LogP contribution in [-0.2, 0) is 14.3 Å². The van der Waals surface area contributed by atoms with Crippen molar-refractivity contribution < 1.29 is 19.2 Å². The first-order valence-corrected chi connectivity index (χ1v) is 7.35. The van der Waals surface area contributed by atoms with Gasteiger partial charge in [0.1, 0.15) is 0 Å². The molecule has 2 aliphatic heterocycles. The number of nitrogens with zero attached hydrogens (tertiary/aromatic N) is 2. The average molecular weight is 300 g/mol. The van der Waals surface area contributed by atoms with Crippen molar-refractivity contribution in [1.29, 1.82) is 0 Å². The number of hydrogen-bond acceptors (Lipinski definition) is 5. The van der Waals surface area contributed by atoms with Gasteiger partial charge >= 0.3 is 0 Å². The summed E-state index contributed by atoms with van der Waals surface area (Å²) in [6, 6.07) is 5.57. The third-order valence-corrected chi connectivity index (χ3v) is 5.59. The summed E-state index contributed by atoms with van der Waals surface area (Å²) in [5.74, 6) is -0.553. The van der Waals surface area contributed by atoms with Gasteiger partial charge in [-0.3, -0.25) is 24.6 Å². The lowest BCUT2D eigenvalue weighted by molar-refractivity contribution is -0.384. The minimum absolute atomic E-state index is 0.0576. The van der Waals surface area contributed by atoms with Gasteiger partial charge in [-0.2, -0.15) is 0 Å². The topological polar surface area (TPSA) is 93.1 Å². The van der Waals surface area contributed by atoms with E-state index in [9.17, 15) is 19.7 Å². The molecule has 2 aliphatic carbocycles. The van der Waals surface area contributed by atoms with E-state index >= 15 is 0 Å². The van der Waals surface area contributed by atoms with E-state index in [1.54, 1.807) is 0 Å². The highest BCUT2D eigenvalue weighted by molar-refractivity contribution is 6.22. The molecular formula is C15H12N2O5. The van der Waals surface area contributed by atoms with Crippen LogP contribution in [0, 0.1) is 33.8 Å². The van der Waals surface area contributed by atoms with Crippen molar-refractivity contribution in [1.82, 2.24) is 0 Å². The monoisotopic (exact) mass is 300 g/mol. The lowest BCUT2D eigenvalue weighted by Gasteiger charge is -2.17. The molecule has 0 unspecified atom stereocenters. The molecule has 6 atom stereocenters. The normalized spacial score (nSPS) is 40.8. The van der Waals surface area contributed by atoms with Crippen molar-refractivity contribution in [3.8, 4) is 0 Å².